The molecule has 0 radical (unpaired) electrons. The topological polar surface area (TPSA) is 58.2 Å². The second kappa shape index (κ2) is 8.30. The van der Waals surface area contributed by atoms with Gasteiger partial charge in [-0.25, -0.2) is 0 Å². The van der Waals surface area contributed by atoms with Crippen LogP contribution in [0, 0.1) is 12.8 Å². The van der Waals surface area contributed by atoms with Crippen molar-refractivity contribution in [3.63, 3.8) is 0 Å². The van der Waals surface area contributed by atoms with E-state index in [9.17, 15) is 9.59 Å². The number of hydrogen-bond donors (Lipinski definition) is 2. The van der Waals surface area contributed by atoms with E-state index in [0.717, 1.165) is 30.6 Å². The molecule has 1 aliphatic rings. The number of aryl methyl sites for hydroxylation is 1. The van der Waals surface area contributed by atoms with E-state index in [2.05, 4.69) is 17.6 Å². The van der Waals surface area contributed by atoms with Gasteiger partial charge in [0, 0.05) is 26.9 Å². The van der Waals surface area contributed by atoms with E-state index in [1.54, 1.807) is 29.5 Å². The Morgan fingerprint density at radius 2 is 1.92 bits per heavy atom. The smallest absolute Gasteiger partial charge is 0.251 e. The third-order valence-corrected chi connectivity index (χ3v) is 5.59. The van der Waals surface area contributed by atoms with Crippen LogP contribution in [-0.2, 0) is 11.3 Å². The number of thiophene rings is 1. The van der Waals surface area contributed by atoms with E-state index in [-0.39, 0.29) is 17.7 Å². The van der Waals surface area contributed by atoms with Crippen LogP contribution in [0.2, 0.25) is 0 Å². The summed E-state index contributed by atoms with van der Waals surface area (Å²) in [6.07, 6.45) is 5.41. The molecule has 1 fully saturated rings. The standard InChI is InChI=1S/C20H24N2O2S/c1-14-10-11-18(25-14)13-21-19(23)16-8-5-9-17(12-16)22-20(24)15-6-3-2-4-7-15/h5,8-12,15H,2-4,6-7,13H2,1H3,(H,21,23)(H,22,24). The number of rotatable bonds is 5. The van der Waals surface area contributed by atoms with Crippen LogP contribution in [0.15, 0.2) is 36.4 Å². The van der Waals surface area contributed by atoms with Crippen molar-refractivity contribution in [3.8, 4) is 0 Å². The lowest BCUT2D eigenvalue weighted by Crippen LogP contribution is -2.25. The van der Waals surface area contributed by atoms with Crippen LogP contribution < -0.4 is 10.6 Å². The highest BCUT2D eigenvalue weighted by atomic mass is 32.1. The fourth-order valence-electron chi connectivity index (χ4n) is 3.20. The van der Waals surface area contributed by atoms with Crippen molar-refractivity contribution in [1.82, 2.24) is 5.32 Å². The van der Waals surface area contributed by atoms with Crippen molar-refractivity contribution in [2.75, 3.05) is 5.32 Å². The summed E-state index contributed by atoms with van der Waals surface area (Å²) in [5.41, 5.74) is 1.25. The number of benzene rings is 1. The first-order chi connectivity index (χ1) is 12.1. The molecule has 0 spiro atoms. The molecule has 2 aromatic rings. The summed E-state index contributed by atoms with van der Waals surface area (Å²) in [6.45, 7) is 2.57. The second-order valence-electron chi connectivity index (χ2n) is 6.60. The molecular formula is C20H24N2O2S. The fourth-order valence-corrected chi connectivity index (χ4v) is 4.03. The minimum Gasteiger partial charge on any atom is -0.347 e. The number of hydrogen-bond acceptors (Lipinski definition) is 3. The van der Waals surface area contributed by atoms with Gasteiger partial charge in [0.05, 0.1) is 6.54 Å². The van der Waals surface area contributed by atoms with Crippen molar-refractivity contribution in [3.05, 3.63) is 51.7 Å². The Hall–Kier alpha value is -2.14. The highest BCUT2D eigenvalue weighted by Gasteiger charge is 2.21. The lowest BCUT2D eigenvalue weighted by atomic mass is 9.88. The summed E-state index contributed by atoms with van der Waals surface area (Å²) < 4.78 is 0. The molecule has 1 aromatic heterocycles. The molecular weight excluding hydrogens is 332 g/mol. The van der Waals surface area contributed by atoms with E-state index in [1.807, 2.05) is 18.2 Å². The third kappa shape index (κ3) is 4.92. The molecule has 0 unspecified atom stereocenters. The van der Waals surface area contributed by atoms with Crippen molar-refractivity contribution >= 4 is 28.8 Å². The van der Waals surface area contributed by atoms with Gasteiger partial charge in [-0.1, -0.05) is 25.3 Å². The number of amides is 2. The van der Waals surface area contributed by atoms with Gasteiger partial charge < -0.3 is 10.6 Å². The van der Waals surface area contributed by atoms with E-state index < -0.39 is 0 Å². The number of carbonyl (C=O) groups is 2. The number of nitrogens with one attached hydrogen (secondary N) is 2. The van der Waals surface area contributed by atoms with Crippen molar-refractivity contribution in [2.45, 2.75) is 45.6 Å². The first-order valence-corrected chi connectivity index (χ1v) is 9.68. The third-order valence-electron chi connectivity index (χ3n) is 4.59. The van der Waals surface area contributed by atoms with Crippen molar-refractivity contribution < 1.29 is 9.59 Å². The van der Waals surface area contributed by atoms with Crippen LogP contribution in [0.4, 0.5) is 5.69 Å². The highest BCUT2D eigenvalue weighted by Crippen LogP contribution is 2.25. The molecule has 0 bridgehead atoms. The van der Waals surface area contributed by atoms with E-state index >= 15 is 0 Å². The maximum Gasteiger partial charge on any atom is 0.251 e. The average molecular weight is 356 g/mol. The zero-order valence-electron chi connectivity index (χ0n) is 14.5. The molecule has 2 N–H and O–H groups in total. The Kier molecular flexibility index (Phi) is 5.87. The maximum absolute atomic E-state index is 12.4. The Bertz CT molecular complexity index is 748. The molecule has 4 nitrogen and oxygen atoms in total. The molecule has 1 saturated carbocycles. The van der Waals surface area contributed by atoms with Crippen LogP contribution in [-0.4, -0.2) is 11.8 Å². The summed E-state index contributed by atoms with van der Waals surface area (Å²) in [5.74, 6) is 0.0550. The minimum atomic E-state index is -0.125. The molecule has 5 heteroatoms. The quantitative estimate of drug-likeness (QED) is 0.828. The molecule has 1 heterocycles. The molecule has 1 aliphatic carbocycles. The van der Waals surface area contributed by atoms with Gasteiger partial charge in [-0.2, -0.15) is 0 Å². The lowest BCUT2D eigenvalue weighted by molar-refractivity contribution is -0.120. The Morgan fingerprint density at radius 3 is 2.64 bits per heavy atom. The van der Waals surface area contributed by atoms with Crippen LogP contribution >= 0.6 is 11.3 Å². The summed E-state index contributed by atoms with van der Waals surface area (Å²) in [4.78, 5) is 27.1. The SMILES string of the molecule is Cc1ccc(CNC(=O)c2cccc(NC(=O)C3CCCCC3)c2)s1. The summed E-state index contributed by atoms with van der Waals surface area (Å²) in [6, 6.07) is 11.2. The lowest BCUT2D eigenvalue weighted by Gasteiger charge is -2.20. The Balaban J connectivity index is 1.58. The van der Waals surface area contributed by atoms with Crippen LogP contribution in [0.1, 0.15) is 52.2 Å². The van der Waals surface area contributed by atoms with E-state index in [4.69, 9.17) is 0 Å². The predicted molar refractivity (Wildman–Crippen MR) is 102 cm³/mol. The molecule has 1 aromatic carbocycles. The zero-order chi connectivity index (χ0) is 17.6. The van der Waals surface area contributed by atoms with Gasteiger partial charge in [0.15, 0.2) is 0 Å². The van der Waals surface area contributed by atoms with Crippen LogP contribution in [0.25, 0.3) is 0 Å². The molecule has 0 aliphatic heterocycles. The predicted octanol–water partition coefficient (Wildman–Crippen LogP) is 4.51. The second-order valence-corrected chi connectivity index (χ2v) is 7.97. The maximum atomic E-state index is 12.4. The molecule has 0 saturated heterocycles. The number of anilines is 1. The monoisotopic (exact) mass is 356 g/mol. The van der Waals surface area contributed by atoms with Gasteiger partial charge >= 0.3 is 0 Å². The van der Waals surface area contributed by atoms with Gasteiger partial charge in [-0.15, -0.1) is 11.3 Å². The zero-order valence-corrected chi connectivity index (χ0v) is 15.3. The summed E-state index contributed by atoms with van der Waals surface area (Å²) >= 11 is 1.68. The van der Waals surface area contributed by atoms with Crippen LogP contribution in [0.5, 0.6) is 0 Å². The normalized spacial score (nSPS) is 14.9. The molecule has 132 valence electrons. The van der Waals surface area contributed by atoms with E-state index in [1.165, 1.54) is 11.3 Å². The molecule has 2 amide bonds. The molecule has 3 rings (SSSR count). The number of carbonyl (C=O) groups excluding carboxylic acids is 2. The summed E-state index contributed by atoms with van der Waals surface area (Å²) in [7, 11) is 0. The largest absolute Gasteiger partial charge is 0.347 e. The van der Waals surface area contributed by atoms with Crippen molar-refractivity contribution in [2.24, 2.45) is 5.92 Å². The molecule has 0 atom stereocenters. The molecule has 25 heavy (non-hydrogen) atoms. The van der Waals surface area contributed by atoms with Gasteiger partial charge in [0.2, 0.25) is 5.91 Å². The van der Waals surface area contributed by atoms with Gasteiger partial charge in [-0.05, 0) is 50.1 Å². The summed E-state index contributed by atoms with van der Waals surface area (Å²) in [5, 5.41) is 5.90. The van der Waals surface area contributed by atoms with Crippen LogP contribution in [0.3, 0.4) is 0 Å². The Morgan fingerprint density at radius 1 is 1.12 bits per heavy atom. The first-order valence-electron chi connectivity index (χ1n) is 8.86. The fraction of sp³-hybridized carbons (Fsp3) is 0.400. The highest BCUT2D eigenvalue weighted by molar-refractivity contribution is 7.11. The van der Waals surface area contributed by atoms with Gasteiger partial charge in [0.25, 0.3) is 5.91 Å². The first kappa shape index (κ1) is 17.7. The van der Waals surface area contributed by atoms with Gasteiger partial charge in [0.1, 0.15) is 0 Å². The van der Waals surface area contributed by atoms with Crippen molar-refractivity contribution in [1.29, 1.82) is 0 Å². The van der Waals surface area contributed by atoms with Gasteiger partial charge in [-0.3, -0.25) is 9.59 Å². The Labute approximate surface area is 152 Å². The minimum absolute atomic E-state index is 0.0753. The van der Waals surface area contributed by atoms with E-state index in [0.29, 0.717) is 17.8 Å². The average Bonchev–Trinajstić information content (AvgIpc) is 3.06.